The Morgan fingerprint density at radius 1 is 1.15 bits per heavy atom. The number of benzene rings is 1. The van der Waals surface area contributed by atoms with Gasteiger partial charge in [-0.2, -0.15) is 0 Å². The molecule has 2 aliphatic rings. The van der Waals surface area contributed by atoms with Crippen LogP contribution in [0.5, 0.6) is 0 Å². The molecule has 0 radical (unpaired) electrons. The molecule has 5 heteroatoms. The van der Waals surface area contributed by atoms with Gasteiger partial charge in [-0.05, 0) is 50.6 Å². The fourth-order valence-electron chi connectivity index (χ4n) is 3.16. The van der Waals surface area contributed by atoms with E-state index in [1.807, 2.05) is 4.90 Å². The second kappa shape index (κ2) is 5.92. The number of rotatable bonds is 2. The Morgan fingerprint density at radius 2 is 1.90 bits per heavy atom. The van der Waals surface area contributed by atoms with Crippen LogP contribution in [0.15, 0.2) is 18.2 Å². The number of nitrogens with zero attached hydrogens (tertiary/aromatic N) is 2. The molecule has 20 heavy (non-hydrogen) atoms. The van der Waals surface area contributed by atoms with Crippen molar-refractivity contribution in [1.29, 1.82) is 0 Å². The van der Waals surface area contributed by atoms with Gasteiger partial charge in [-0.15, -0.1) is 0 Å². The molecule has 1 unspecified atom stereocenters. The third kappa shape index (κ3) is 2.80. The minimum absolute atomic E-state index is 0.000744. The zero-order valence-electron chi connectivity index (χ0n) is 11.3. The molecule has 2 aliphatic heterocycles. The number of carbonyl (C=O) groups excluding carboxylic acids is 1. The van der Waals surface area contributed by atoms with Gasteiger partial charge in [-0.3, -0.25) is 9.69 Å². The van der Waals surface area contributed by atoms with E-state index in [1.165, 1.54) is 25.9 Å². The lowest BCUT2D eigenvalue weighted by Gasteiger charge is -2.23. The molecule has 1 amide bonds. The maximum absolute atomic E-state index is 12.5. The third-order valence-corrected chi connectivity index (χ3v) is 4.83. The van der Waals surface area contributed by atoms with Crippen LogP contribution in [-0.2, 0) is 0 Å². The average Bonchev–Trinajstić information content (AvgIpc) is 3.10. The number of halogens is 2. The molecule has 1 atom stereocenters. The standard InChI is InChI=1S/C15H18Cl2N2O/c16-11-3-4-14(17)13(9-11)15(20)19-8-5-12(10-19)18-6-1-2-7-18/h3-4,9,12H,1-2,5-8,10H2. The van der Waals surface area contributed by atoms with Gasteiger partial charge in [0.2, 0.25) is 0 Å². The van der Waals surface area contributed by atoms with Gasteiger partial charge in [-0.25, -0.2) is 0 Å². The van der Waals surface area contributed by atoms with Gasteiger partial charge in [0.15, 0.2) is 0 Å². The zero-order valence-corrected chi connectivity index (χ0v) is 12.8. The van der Waals surface area contributed by atoms with Crippen LogP contribution in [0.2, 0.25) is 10.0 Å². The minimum Gasteiger partial charge on any atom is -0.337 e. The highest BCUT2D eigenvalue weighted by Gasteiger charge is 2.32. The molecule has 0 aliphatic carbocycles. The molecule has 3 nitrogen and oxygen atoms in total. The molecule has 0 N–H and O–H groups in total. The highest BCUT2D eigenvalue weighted by molar-refractivity contribution is 6.35. The van der Waals surface area contributed by atoms with E-state index in [0.717, 1.165) is 19.5 Å². The van der Waals surface area contributed by atoms with E-state index in [1.54, 1.807) is 18.2 Å². The Kier molecular flexibility index (Phi) is 4.20. The average molecular weight is 313 g/mol. The maximum atomic E-state index is 12.5. The summed E-state index contributed by atoms with van der Waals surface area (Å²) >= 11 is 12.1. The van der Waals surface area contributed by atoms with E-state index in [4.69, 9.17) is 23.2 Å². The minimum atomic E-state index is -0.000744. The lowest BCUT2D eigenvalue weighted by atomic mass is 10.2. The van der Waals surface area contributed by atoms with Gasteiger partial charge in [0, 0.05) is 24.2 Å². The highest BCUT2D eigenvalue weighted by atomic mass is 35.5. The summed E-state index contributed by atoms with van der Waals surface area (Å²) in [6, 6.07) is 5.57. The Hall–Kier alpha value is -0.770. The van der Waals surface area contributed by atoms with E-state index < -0.39 is 0 Å². The first-order chi connectivity index (χ1) is 9.65. The van der Waals surface area contributed by atoms with E-state index in [0.29, 0.717) is 21.7 Å². The lowest BCUT2D eigenvalue weighted by molar-refractivity contribution is 0.0780. The van der Waals surface area contributed by atoms with Crippen molar-refractivity contribution >= 4 is 29.1 Å². The van der Waals surface area contributed by atoms with Crippen LogP contribution >= 0.6 is 23.2 Å². The number of amides is 1. The van der Waals surface area contributed by atoms with E-state index >= 15 is 0 Å². The smallest absolute Gasteiger partial charge is 0.255 e. The summed E-state index contributed by atoms with van der Waals surface area (Å²) in [7, 11) is 0. The summed E-state index contributed by atoms with van der Waals surface area (Å²) in [6.45, 7) is 3.96. The third-order valence-electron chi connectivity index (χ3n) is 4.27. The fraction of sp³-hybridized carbons (Fsp3) is 0.533. The van der Waals surface area contributed by atoms with Crippen molar-refractivity contribution < 1.29 is 4.79 Å². The SMILES string of the molecule is O=C(c1cc(Cl)ccc1Cl)N1CCC(N2CCCC2)C1. The Labute approximate surface area is 129 Å². The topological polar surface area (TPSA) is 23.6 Å². The predicted octanol–water partition coefficient (Wildman–Crippen LogP) is 3.30. The van der Waals surface area contributed by atoms with Crippen LogP contribution in [-0.4, -0.2) is 47.9 Å². The summed E-state index contributed by atoms with van der Waals surface area (Å²) in [4.78, 5) is 17.0. The maximum Gasteiger partial charge on any atom is 0.255 e. The quantitative estimate of drug-likeness (QED) is 0.836. The van der Waals surface area contributed by atoms with E-state index in [2.05, 4.69) is 4.90 Å². The Morgan fingerprint density at radius 3 is 2.65 bits per heavy atom. The van der Waals surface area contributed by atoms with E-state index in [9.17, 15) is 4.79 Å². The normalized spacial score (nSPS) is 23.5. The molecular formula is C15H18Cl2N2O. The molecular weight excluding hydrogens is 295 g/mol. The molecule has 2 heterocycles. The largest absolute Gasteiger partial charge is 0.337 e. The van der Waals surface area contributed by atoms with Crippen molar-refractivity contribution in [2.45, 2.75) is 25.3 Å². The molecule has 0 spiro atoms. The van der Waals surface area contributed by atoms with Gasteiger partial charge >= 0.3 is 0 Å². The Balaban J connectivity index is 1.70. The number of hydrogen-bond donors (Lipinski definition) is 0. The van der Waals surface area contributed by atoms with Crippen molar-refractivity contribution in [2.24, 2.45) is 0 Å². The van der Waals surface area contributed by atoms with Crippen LogP contribution in [0.4, 0.5) is 0 Å². The molecule has 0 saturated carbocycles. The molecule has 1 aromatic rings. The number of hydrogen-bond acceptors (Lipinski definition) is 2. The summed E-state index contributed by atoms with van der Waals surface area (Å²) < 4.78 is 0. The molecule has 3 rings (SSSR count). The molecule has 2 saturated heterocycles. The summed E-state index contributed by atoms with van der Waals surface area (Å²) in [5.74, 6) is -0.000744. The monoisotopic (exact) mass is 312 g/mol. The lowest BCUT2D eigenvalue weighted by Crippen LogP contribution is -2.37. The Bertz CT molecular complexity index is 515. The van der Waals surface area contributed by atoms with Crippen molar-refractivity contribution in [3.63, 3.8) is 0 Å². The first-order valence-electron chi connectivity index (χ1n) is 7.13. The molecule has 0 bridgehead atoms. The molecule has 108 valence electrons. The van der Waals surface area contributed by atoms with Crippen molar-refractivity contribution in [2.75, 3.05) is 26.2 Å². The fourth-order valence-corrected chi connectivity index (χ4v) is 3.53. The molecule has 1 aromatic carbocycles. The second-order valence-electron chi connectivity index (χ2n) is 5.56. The van der Waals surface area contributed by atoms with Crippen LogP contribution in [0.25, 0.3) is 0 Å². The number of likely N-dealkylation sites (tertiary alicyclic amines) is 2. The van der Waals surface area contributed by atoms with Gasteiger partial charge in [0.05, 0.1) is 10.6 Å². The van der Waals surface area contributed by atoms with Crippen LogP contribution in [0, 0.1) is 0 Å². The van der Waals surface area contributed by atoms with Gasteiger partial charge < -0.3 is 4.90 Å². The second-order valence-corrected chi connectivity index (χ2v) is 6.40. The molecule has 0 aromatic heterocycles. The molecule has 2 fully saturated rings. The van der Waals surface area contributed by atoms with Gasteiger partial charge in [0.25, 0.3) is 5.91 Å². The predicted molar refractivity (Wildman–Crippen MR) is 81.6 cm³/mol. The van der Waals surface area contributed by atoms with Gasteiger partial charge in [0.1, 0.15) is 0 Å². The summed E-state index contributed by atoms with van der Waals surface area (Å²) in [5.41, 5.74) is 0.515. The van der Waals surface area contributed by atoms with E-state index in [-0.39, 0.29) is 5.91 Å². The van der Waals surface area contributed by atoms with Crippen LogP contribution in [0.1, 0.15) is 29.6 Å². The summed E-state index contributed by atoms with van der Waals surface area (Å²) in [6.07, 6.45) is 3.62. The first kappa shape index (κ1) is 14.2. The van der Waals surface area contributed by atoms with Crippen molar-refractivity contribution in [3.05, 3.63) is 33.8 Å². The van der Waals surface area contributed by atoms with Crippen LogP contribution < -0.4 is 0 Å². The number of carbonyl (C=O) groups is 1. The highest BCUT2D eigenvalue weighted by Crippen LogP contribution is 2.26. The van der Waals surface area contributed by atoms with Gasteiger partial charge in [-0.1, -0.05) is 23.2 Å². The van der Waals surface area contributed by atoms with Crippen LogP contribution in [0.3, 0.4) is 0 Å². The zero-order chi connectivity index (χ0) is 14.1. The summed E-state index contributed by atoms with van der Waals surface area (Å²) in [5, 5.41) is 1.03. The van der Waals surface area contributed by atoms with Crippen molar-refractivity contribution in [1.82, 2.24) is 9.80 Å². The van der Waals surface area contributed by atoms with Crippen molar-refractivity contribution in [3.8, 4) is 0 Å². The first-order valence-corrected chi connectivity index (χ1v) is 7.89.